The summed E-state index contributed by atoms with van der Waals surface area (Å²) in [5, 5.41) is 0. The highest BCUT2D eigenvalue weighted by Crippen LogP contribution is 2.44. The maximum Gasteiger partial charge on any atom is 0.248 e. The SMILES string of the molecule is COc1cccc(C2CCC(F)(F)C2)c1. The van der Waals surface area contributed by atoms with Gasteiger partial charge in [0.2, 0.25) is 5.92 Å². The maximum atomic E-state index is 13.0. The van der Waals surface area contributed by atoms with Crippen molar-refractivity contribution in [1.82, 2.24) is 0 Å². The van der Waals surface area contributed by atoms with Crippen LogP contribution in [-0.2, 0) is 0 Å². The van der Waals surface area contributed by atoms with Crippen LogP contribution in [0.3, 0.4) is 0 Å². The van der Waals surface area contributed by atoms with Crippen molar-refractivity contribution in [3.63, 3.8) is 0 Å². The zero-order chi connectivity index (χ0) is 10.9. The monoisotopic (exact) mass is 212 g/mol. The molecule has 1 aliphatic carbocycles. The lowest BCUT2D eigenvalue weighted by Crippen LogP contribution is -2.09. The minimum atomic E-state index is -2.48. The Morgan fingerprint density at radius 2 is 2.20 bits per heavy atom. The summed E-state index contributed by atoms with van der Waals surface area (Å²) in [6, 6.07) is 7.43. The van der Waals surface area contributed by atoms with Crippen molar-refractivity contribution in [3.8, 4) is 5.75 Å². The van der Waals surface area contributed by atoms with Crippen LogP contribution in [0.1, 0.15) is 30.7 Å². The predicted octanol–water partition coefficient (Wildman–Crippen LogP) is 3.60. The third-order valence-corrected chi connectivity index (χ3v) is 2.97. The van der Waals surface area contributed by atoms with Crippen LogP contribution in [0.4, 0.5) is 8.78 Å². The van der Waals surface area contributed by atoms with Gasteiger partial charge in [-0.3, -0.25) is 0 Å². The lowest BCUT2D eigenvalue weighted by Gasteiger charge is -2.11. The first kappa shape index (κ1) is 10.4. The Labute approximate surface area is 88.1 Å². The molecule has 0 heterocycles. The summed E-state index contributed by atoms with van der Waals surface area (Å²) >= 11 is 0. The van der Waals surface area contributed by atoms with Crippen LogP contribution in [0.2, 0.25) is 0 Å². The molecule has 2 rings (SSSR count). The summed E-state index contributed by atoms with van der Waals surface area (Å²) in [6.07, 6.45) is 0.551. The molecule has 1 unspecified atom stereocenters. The molecule has 1 nitrogen and oxygen atoms in total. The van der Waals surface area contributed by atoms with Gasteiger partial charge in [-0.1, -0.05) is 12.1 Å². The van der Waals surface area contributed by atoms with E-state index in [1.54, 1.807) is 7.11 Å². The second-order valence-corrected chi connectivity index (χ2v) is 4.07. The van der Waals surface area contributed by atoms with Gasteiger partial charge in [-0.15, -0.1) is 0 Å². The Hall–Kier alpha value is -1.12. The highest BCUT2D eigenvalue weighted by atomic mass is 19.3. The van der Waals surface area contributed by atoms with Crippen LogP contribution in [0.5, 0.6) is 5.75 Å². The first-order chi connectivity index (χ1) is 7.11. The van der Waals surface area contributed by atoms with Gasteiger partial charge in [0.1, 0.15) is 5.75 Å². The quantitative estimate of drug-likeness (QED) is 0.727. The van der Waals surface area contributed by atoms with Gasteiger partial charge in [-0.25, -0.2) is 8.78 Å². The van der Waals surface area contributed by atoms with Crippen LogP contribution in [0.25, 0.3) is 0 Å². The Morgan fingerprint density at radius 1 is 1.40 bits per heavy atom. The first-order valence-corrected chi connectivity index (χ1v) is 5.12. The van der Waals surface area contributed by atoms with Gasteiger partial charge >= 0.3 is 0 Å². The van der Waals surface area contributed by atoms with E-state index >= 15 is 0 Å². The fourth-order valence-electron chi connectivity index (χ4n) is 2.13. The van der Waals surface area contributed by atoms with Crippen molar-refractivity contribution in [3.05, 3.63) is 29.8 Å². The summed E-state index contributed by atoms with van der Waals surface area (Å²) in [6.45, 7) is 0. The first-order valence-electron chi connectivity index (χ1n) is 5.12. The van der Waals surface area contributed by atoms with Crippen LogP contribution in [0.15, 0.2) is 24.3 Å². The molecule has 15 heavy (non-hydrogen) atoms. The van der Waals surface area contributed by atoms with Crippen molar-refractivity contribution < 1.29 is 13.5 Å². The minimum Gasteiger partial charge on any atom is -0.497 e. The van der Waals surface area contributed by atoms with Gasteiger partial charge in [-0.05, 0) is 30.0 Å². The van der Waals surface area contributed by atoms with Gasteiger partial charge in [0.05, 0.1) is 7.11 Å². The third-order valence-electron chi connectivity index (χ3n) is 2.97. The van der Waals surface area contributed by atoms with Gasteiger partial charge in [0, 0.05) is 12.8 Å². The van der Waals surface area contributed by atoms with Crippen molar-refractivity contribution in [2.45, 2.75) is 31.1 Å². The summed E-state index contributed by atoms with van der Waals surface area (Å²) < 4.78 is 31.1. The zero-order valence-electron chi connectivity index (χ0n) is 8.67. The Balaban J connectivity index is 2.16. The molecule has 0 amide bonds. The molecule has 0 bridgehead atoms. The fraction of sp³-hybridized carbons (Fsp3) is 0.500. The number of hydrogen-bond donors (Lipinski definition) is 0. The molecule has 1 aromatic rings. The van der Waals surface area contributed by atoms with Gasteiger partial charge < -0.3 is 4.74 Å². The number of benzene rings is 1. The number of ether oxygens (including phenoxy) is 1. The Bertz CT molecular complexity index is 349. The highest BCUT2D eigenvalue weighted by Gasteiger charge is 2.39. The average molecular weight is 212 g/mol. The molecule has 1 aromatic carbocycles. The van der Waals surface area contributed by atoms with E-state index in [1.165, 1.54) is 0 Å². The highest BCUT2D eigenvalue weighted by molar-refractivity contribution is 5.31. The minimum absolute atomic E-state index is 0.00881. The molecule has 0 spiro atoms. The zero-order valence-corrected chi connectivity index (χ0v) is 8.67. The molecule has 0 saturated heterocycles. The summed E-state index contributed by atoms with van der Waals surface area (Å²) in [7, 11) is 1.59. The molecule has 82 valence electrons. The molecule has 0 N–H and O–H groups in total. The van der Waals surface area contributed by atoms with E-state index in [2.05, 4.69) is 0 Å². The van der Waals surface area contributed by atoms with Crippen LogP contribution in [-0.4, -0.2) is 13.0 Å². The van der Waals surface area contributed by atoms with Crippen LogP contribution < -0.4 is 4.74 Å². The van der Waals surface area contributed by atoms with Crippen molar-refractivity contribution in [2.75, 3.05) is 7.11 Å². The van der Waals surface area contributed by atoms with Crippen LogP contribution in [0, 0.1) is 0 Å². The number of halogens is 2. The molecule has 1 atom stereocenters. The molecule has 1 aliphatic rings. The van der Waals surface area contributed by atoms with Gasteiger partial charge in [-0.2, -0.15) is 0 Å². The largest absolute Gasteiger partial charge is 0.497 e. The lowest BCUT2D eigenvalue weighted by molar-refractivity contribution is 0.00776. The summed E-state index contributed by atoms with van der Waals surface area (Å²) in [5.74, 6) is -1.76. The Kier molecular flexibility index (Phi) is 2.63. The molecule has 0 radical (unpaired) electrons. The Morgan fingerprint density at radius 3 is 2.80 bits per heavy atom. The normalized spacial score (nSPS) is 24.1. The van der Waals surface area contributed by atoms with E-state index in [9.17, 15) is 8.78 Å². The molecular formula is C12H14F2O. The van der Waals surface area contributed by atoms with E-state index in [-0.39, 0.29) is 18.8 Å². The molecule has 1 fully saturated rings. The summed E-state index contributed by atoms with van der Waals surface area (Å²) in [4.78, 5) is 0. The van der Waals surface area contributed by atoms with Crippen molar-refractivity contribution in [1.29, 1.82) is 0 Å². The maximum absolute atomic E-state index is 13.0. The smallest absolute Gasteiger partial charge is 0.248 e. The van der Waals surface area contributed by atoms with E-state index < -0.39 is 5.92 Å². The van der Waals surface area contributed by atoms with E-state index in [0.29, 0.717) is 6.42 Å². The van der Waals surface area contributed by atoms with Crippen LogP contribution >= 0.6 is 0 Å². The number of alkyl halides is 2. The lowest BCUT2D eigenvalue weighted by atomic mass is 9.97. The number of rotatable bonds is 2. The van der Waals surface area contributed by atoms with Gasteiger partial charge in [0.25, 0.3) is 0 Å². The second kappa shape index (κ2) is 3.80. The van der Waals surface area contributed by atoms with Crippen molar-refractivity contribution in [2.24, 2.45) is 0 Å². The molecule has 3 heteroatoms. The van der Waals surface area contributed by atoms with Crippen molar-refractivity contribution >= 4 is 0 Å². The number of hydrogen-bond acceptors (Lipinski definition) is 1. The summed E-state index contributed by atoms with van der Waals surface area (Å²) in [5.41, 5.74) is 0.964. The third kappa shape index (κ3) is 2.28. The van der Waals surface area contributed by atoms with E-state index in [0.717, 1.165) is 11.3 Å². The topological polar surface area (TPSA) is 9.23 Å². The molecular weight excluding hydrogens is 198 g/mol. The molecule has 0 aliphatic heterocycles. The fourth-order valence-corrected chi connectivity index (χ4v) is 2.13. The standard InChI is InChI=1S/C12H14F2O/c1-15-11-4-2-3-9(7-11)10-5-6-12(13,14)8-10/h2-4,7,10H,5-6,8H2,1H3. The average Bonchev–Trinajstić information content (AvgIpc) is 2.59. The molecule has 1 saturated carbocycles. The molecule has 0 aromatic heterocycles. The number of methoxy groups -OCH3 is 1. The van der Waals surface area contributed by atoms with Gasteiger partial charge in [0.15, 0.2) is 0 Å². The predicted molar refractivity (Wildman–Crippen MR) is 54.5 cm³/mol. The second-order valence-electron chi connectivity index (χ2n) is 4.07. The van der Waals surface area contributed by atoms with E-state index in [4.69, 9.17) is 4.74 Å². The van der Waals surface area contributed by atoms with E-state index in [1.807, 2.05) is 24.3 Å².